The van der Waals surface area contributed by atoms with Crippen LogP contribution in [0.5, 0.6) is 0 Å². The number of nitrogens with one attached hydrogen (secondary N) is 1. The van der Waals surface area contributed by atoms with Gasteiger partial charge in [0.05, 0.1) is 10.6 Å². The quantitative estimate of drug-likeness (QED) is 0.343. The Bertz CT molecular complexity index is 1110. The van der Waals surface area contributed by atoms with Crippen LogP contribution in [0.25, 0.3) is 32.5 Å². The Morgan fingerprint density at radius 3 is 2.03 bits per heavy atom. The minimum absolute atomic E-state index is 0.290. The molecule has 4 aromatic rings. The van der Waals surface area contributed by atoms with Crippen LogP contribution in [0.2, 0.25) is 10.0 Å². The summed E-state index contributed by atoms with van der Waals surface area (Å²) < 4.78 is 0. The van der Waals surface area contributed by atoms with E-state index in [0.29, 0.717) is 22.7 Å². The first kappa shape index (κ1) is 21.0. The van der Waals surface area contributed by atoms with Crippen molar-refractivity contribution in [2.45, 2.75) is 39.5 Å². The zero-order chi connectivity index (χ0) is 21.4. The summed E-state index contributed by atoms with van der Waals surface area (Å²) in [6, 6.07) is 12.0. The topological polar surface area (TPSA) is 67.3 Å². The summed E-state index contributed by atoms with van der Waals surface area (Å²) in [5.74, 6) is 1.14. The third kappa shape index (κ3) is 4.00. The van der Waals surface area contributed by atoms with Crippen molar-refractivity contribution in [1.82, 2.24) is 25.6 Å². The van der Waals surface area contributed by atoms with Crippen LogP contribution in [0, 0.1) is 0 Å². The molecule has 0 bridgehead atoms. The Balaban J connectivity index is 2.01. The fraction of sp³-hybridized carbons (Fsp3) is 0.273. The summed E-state index contributed by atoms with van der Waals surface area (Å²) in [6.07, 6.45) is 0. The summed E-state index contributed by atoms with van der Waals surface area (Å²) in [4.78, 5) is 6.02. The molecule has 30 heavy (non-hydrogen) atoms. The molecule has 5 nitrogen and oxygen atoms in total. The normalized spacial score (nSPS) is 11.6. The molecular weight excluding hydrogens is 437 g/mol. The Morgan fingerprint density at radius 1 is 0.867 bits per heavy atom. The van der Waals surface area contributed by atoms with Gasteiger partial charge in [-0.05, 0) is 63.2 Å². The Hall–Kier alpha value is -2.28. The minimum Gasteiger partial charge on any atom is -0.237 e. The van der Waals surface area contributed by atoms with Crippen molar-refractivity contribution in [2.24, 2.45) is 0 Å². The van der Waals surface area contributed by atoms with Crippen LogP contribution in [-0.2, 0) is 0 Å². The van der Waals surface area contributed by atoms with Crippen LogP contribution in [0.3, 0.4) is 0 Å². The number of rotatable bonds is 5. The molecule has 4 rings (SSSR count). The molecule has 0 atom stereocenters. The van der Waals surface area contributed by atoms with Crippen LogP contribution in [0.4, 0.5) is 0 Å². The van der Waals surface area contributed by atoms with Crippen LogP contribution in [0.15, 0.2) is 36.4 Å². The van der Waals surface area contributed by atoms with E-state index in [2.05, 4.69) is 54.4 Å². The maximum Gasteiger partial charge on any atom is 0.208 e. The van der Waals surface area contributed by atoms with Gasteiger partial charge in [0.2, 0.25) is 5.82 Å². The molecule has 0 aliphatic carbocycles. The van der Waals surface area contributed by atoms with E-state index in [1.807, 2.05) is 30.3 Å². The molecule has 8 heteroatoms. The molecule has 154 valence electrons. The molecule has 0 amide bonds. The van der Waals surface area contributed by atoms with E-state index in [1.54, 1.807) is 11.3 Å². The summed E-state index contributed by atoms with van der Waals surface area (Å²) >= 11 is 14.2. The molecule has 0 aliphatic heterocycles. The second-order valence-corrected chi connectivity index (χ2v) is 9.59. The number of tetrazole rings is 1. The van der Waals surface area contributed by atoms with Gasteiger partial charge in [-0.3, -0.25) is 0 Å². The van der Waals surface area contributed by atoms with E-state index in [0.717, 1.165) is 37.3 Å². The highest BCUT2D eigenvalue weighted by molar-refractivity contribution is 7.18. The lowest BCUT2D eigenvalue weighted by Gasteiger charge is -2.16. The molecule has 0 spiro atoms. The van der Waals surface area contributed by atoms with E-state index in [1.165, 1.54) is 5.56 Å². The van der Waals surface area contributed by atoms with Gasteiger partial charge in [0, 0.05) is 15.6 Å². The summed E-state index contributed by atoms with van der Waals surface area (Å²) in [5.41, 5.74) is 5.40. The molecule has 0 fully saturated rings. The number of benzene rings is 2. The van der Waals surface area contributed by atoms with Crippen molar-refractivity contribution in [2.75, 3.05) is 0 Å². The molecule has 2 heterocycles. The van der Waals surface area contributed by atoms with Crippen molar-refractivity contribution < 1.29 is 0 Å². The molecule has 0 aliphatic rings. The minimum atomic E-state index is 0.290. The van der Waals surface area contributed by atoms with E-state index < -0.39 is 0 Å². The number of hydrogen-bond donors (Lipinski definition) is 1. The molecule has 1 N–H and O–H groups in total. The third-order valence-corrected chi connectivity index (χ3v) is 6.51. The number of hydrogen-bond acceptors (Lipinski definition) is 5. The Kier molecular flexibility index (Phi) is 5.91. The van der Waals surface area contributed by atoms with Crippen molar-refractivity contribution in [3.05, 3.63) is 57.6 Å². The van der Waals surface area contributed by atoms with Gasteiger partial charge in [-0.15, -0.1) is 16.4 Å². The van der Waals surface area contributed by atoms with Gasteiger partial charge >= 0.3 is 0 Å². The van der Waals surface area contributed by atoms with E-state index >= 15 is 0 Å². The number of thiazole rings is 1. The van der Waals surface area contributed by atoms with Gasteiger partial charge in [0.1, 0.15) is 0 Å². The molecule has 0 unspecified atom stereocenters. The van der Waals surface area contributed by atoms with Gasteiger partial charge < -0.3 is 0 Å². The molecule has 2 aromatic carbocycles. The van der Waals surface area contributed by atoms with Crippen molar-refractivity contribution >= 4 is 34.5 Å². The zero-order valence-corrected chi connectivity index (χ0v) is 19.4. The lowest BCUT2D eigenvalue weighted by Crippen LogP contribution is -1.96. The molecule has 0 saturated heterocycles. The highest BCUT2D eigenvalue weighted by Gasteiger charge is 2.23. The van der Waals surface area contributed by atoms with Gasteiger partial charge in [0.25, 0.3) is 0 Å². The predicted octanol–water partition coefficient (Wildman–Crippen LogP) is 7.21. The first-order valence-corrected chi connectivity index (χ1v) is 11.3. The number of H-pyrrole nitrogens is 1. The smallest absolute Gasteiger partial charge is 0.208 e. The van der Waals surface area contributed by atoms with Gasteiger partial charge in [-0.1, -0.05) is 63.0 Å². The first-order valence-electron chi connectivity index (χ1n) is 9.69. The highest BCUT2D eigenvalue weighted by Crippen LogP contribution is 2.45. The van der Waals surface area contributed by atoms with Crippen LogP contribution < -0.4 is 0 Å². The fourth-order valence-electron chi connectivity index (χ4n) is 3.48. The van der Waals surface area contributed by atoms with Crippen LogP contribution in [0.1, 0.15) is 50.7 Å². The maximum atomic E-state index is 6.32. The van der Waals surface area contributed by atoms with Crippen molar-refractivity contribution in [1.29, 1.82) is 0 Å². The molecular formula is C22H21Cl2N5S. The Labute approximate surface area is 189 Å². The standard InChI is InChI=1S/C22H21Cl2N5S/c1-11(2)17-9-13(23)5-7-15(17)19-20(30-22(25-19)21-26-28-29-27-21)16-8-6-14(24)10-18(16)12(3)4/h5-12H,1-4H3,(H,26,27,28,29). The lowest BCUT2D eigenvalue weighted by atomic mass is 9.91. The number of nitrogens with zero attached hydrogens (tertiary/aromatic N) is 4. The second-order valence-electron chi connectivity index (χ2n) is 7.72. The molecule has 0 saturated carbocycles. The number of aromatic amines is 1. The average Bonchev–Trinajstić information content (AvgIpc) is 3.37. The number of aromatic nitrogens is 5. The zero-order valence-electron chi connectivity index (χ0n) is 17.1. The van der Waals surface area contributed by atoms with Gasteiger partial charge in [-0.2, -0.15) is 0 Å². The largest absolute Gasteiger partial charge is 0.237 e. The lowest BCUT2D eigenvalue weighted by molar-refractivity contribution is 0.867. The molecule has 2 aromatic heterocycles. The van der Waals surface area contributed by atoms with Crippen LogP contribution >= 0.6 is 34.5 Å². The summed E-state index contributed by atoms with van der Waals surface area (Å²) in [7, 11) is 0. The van der Waals surface area contributed by atoms with Crippen LogP contribution in [-0.4, -0.2) is 25.6 Å². The van der Waals surface area contributed by atoms with E-state index in [4.69, 9.17) is 28.2 Å². The Morgan fingerprint density at radius 2 is 1.47 bits per heavy atom. The predicted molar refractivity (Wildman–Crippen MR) is 124 cm³/mol. The van der Waals surface area contributed by atoms with E-state index in [9.17, 15) is 0 Å². The fourth-order valence-corrected chi connectivity index (χ4v) is 4.90. The number of halogens is 2. The highest BCUT2D eigenvalue weighted by atomic mass is 35.5. The van der Waals surface area contributed by atoms with Crippen molar-refractivity contribution in [3.8, 4) is 32.5 Å². The summed E-state index contributed by atoms with van der Waals surface area (Å²) in [5, 5.41) is 16.5. The van der Waals surface area contributed by atoms with E-state index in [-0.39, 0.29) is 0 Å². The SMILES string of the molecule is CC(C)c1cc(Cl)ccc1-c1nc(-c2nnn[nH]2)sc1-c1ccc(Cl)cc1C(C)C. The first-order chi connectivity index (χ1) is 14.3. The van der Waals surface area contributed by atoms with Gasteiger partial charge in [-0.25, -0.2) is 10.1 Å². The van der Waals surface area contributed by atoms with Gasteiger partial charge in [0.15, 0.2) is 5.01 Å². The third-order valence-electron chi connectivity index (χ3n) is 4.95. The second kappa shape index (κ2) is 8.46. The summed E-state index contributed by atoms with van der Waals surface area (Å²) in [6.45, 7) is 8.65. The maximum absolute atomic E-state index is 6.32. The monoisotopic (exact) mass is 457 g/mol. The van der Waals surface area contributed by atoms with Crippen molar-refractivity contribution in [3.63, 3.8) is 0 Å². The average molecular weight is 458 g/mol. The molecule has 0 radical (unpaired) electrons.